The lowest BCUT2D eigenvalue weighted by atomic mass is 9.96. The molecule has 1 heterocycles. The third-order valence-corrected chi connectivity index (χ3v) is 11.9. The molecule has 0 radical (unpaired) electrons. The van der Waals surface area contributed by atoms with Gasteiger partial charge in [0.1, 0.15) is 42.3 Å². The van der Waals surface area contributed by atoms with Crippen molar-refractivity contribution in [2.45, 2.75) is 108 Å². The van der Waals surface area contributed by atoms with Gasteiger partial charge in [0.05, 0.1) is 31.9 Å². The van der Waals surface area contributed by atoms with Crippen molar-refractivity contribution in [2.75, 3.05) is 13.2 Å². The predicted molar refractivity (Wildman–Crippen MR) is 271 cm³/mol. The fourth-order valence-corrected chi connectivity index (χ4v) is 7.48. The number of aliphatic hydroxyl groups excluding tert-OH is 1. The number of benzene rings is 3. The number of hydrogen-bond donors (Lipinski definition) is 13. The van der Waals surface area contributed by atoms with Crippen LogP contribution in [0.2, 0.25) is 0 Å². The van der Waals surface area contributed by atoms with Crippen LogP contribution in [-0.4, -0.2) is 141 Å². The number of hydrogen-bond acceptors (Lipinski definition) is 13. The molecule has 15 N–H and O–H groups in total. The molecule has 24 nitrogen and oxygen atoms in total. The molecule has 0 fully saturated rings. The van der Waals surface area contributed by atoms with E-state index < -0.39 is 133 Å². The first kappa shape index (κ1) is 59.1. The number of nitrogens with zero attached hydrogens (tertiary/aromatic N) is 1. The number of aromatic nitrogens is 2. The van der Waals surface area contributed by atoms with E-state index in [1.165, 1.54) is 19.4 Å². The van der Waals surface area contributed by atoms with Gasteiger partial charge in [-0.25, -0.2) is 9.78 Å². The molecule has 24 heteroatoms. The summed E-state index contributed by atoms with van der Waals surface area (Å²) in [6.45, 7) is 3.14. The molecule has 0 unspecified atom stereocenters. The molecule has 402 valence electrons. The maximum absolute atomic E-state index is 14.2. The number of rotatable bonds is 30. The Kier molecular flexibility index (Phi) is 23.5. The second-order valence-corrected chi connectivity index (χ2v) is 17.8. The molecule has 3 aromatic carbocycles. The molecule has 0 saturated heterocycles. The summed E-state index contributed by atoms with van der Waals surface area (Å²) in [5.41, 5.74) is 13.4. The first-order valence-electron chi connectivity index (χ1n) is 24.1. The van der Waals surface area contributed by atoms with Gasteiger partial charge in [-0.3, -0.25) is 43.2 Å². The van der Waals surface area contributed by atoms with Crippen LogP contribution in [0.25, 0.3) is 0 Å². The highest BCUT2D eigenvalue weighted by molar-refractivity contribution is 5.98. The zero-order chi connectivity index (χ0) is 55.0. The van der Waals surface area contributed by atoms with Crippen molar-refractivity contribution in [3.63, 3.8) is 0 Å². The minimum absolute atomic E-state index is 0.0280. The van der Waals surface area contributed by atoms with Crippen LogP contribution in [0.5, 0.6) is 0 Å². The van der Waals surface area contributed by atoms with Gasteiger partial charge in [0.15, 0.2) is 0 Å². The molecule has 4 rings (SSSR count). The van der Waals surface area contributed by atoms with Gasteiger partial charge in [0.2, 0.25) is 53.2 Å². The fraction of sp³-hybridized carbons (Fsp3) is 0.392. The number of imidazole rings is 1. The van der Waals surface area contributed by atoms with Gasteiger partial charge in [-0.1, -0.05) is 111 Å². The van der Waals surface area contributed by atoms with Crippen LogP contribution in [0, 0.1) is 5.92 Å². The maximum atomic E-state index is 14.2. The highest BCUT2D eigenvalue weighted by Crippen LogP contribution is 2.13. The summed E-state index contributed by atoms with van der Waals surface area (Å²) in [5, 5.41) is 39.2. The van der Waals surface area contributed by atoms with Gasteiger partial charge in [-0.05, 0) is 29.5 Å². The Morgan fingerprint density at radius 1 is 0.573 bits per heavy atom. The van der Waals surface area contributed by atoms with Gasteiger partial charge < -0.3 is 69.2 Å². The first-order chi connectivity index (χ1) is 35.8. The van der Waals surface area contributed by atoms with Crippen molar-refractivity contribution < 1.29 is 58.2 Å². The van der Waals surface area contributed by atoms with Gasteiger partial charge >= 0.3 is 5.97 Å². The number of carboxylic acids is 1. The van der Waals surface area contributed by atoms with Crippen molar-refractivity contribution in [3.05, 3.63) is 126 Å². The molecule has 1 aromatic heterocycles. The minimum Gasteiger partial charge on any atom is -0.480 e. The van der Waals surface area contributed by atoms with Crippen molar-refractivity contribution in [2.24, 2.45) is 17.4 Å². The summed E-state index contributed by atoms with van der Waals surface area (Å²) in [5.74, 6) is -9.49. The standard InChI is InChI=1S/C51H66N12O12/c1-4-29(2)43(50(73)62-40(27-64)51(74)75)63-49(72)38(22-33-18-12-7-13-19-33)61-48(71)39(23-34-25-54-28-56-34)58-42(66)26-55-44(67)30(3)57-46(69)36(20-31-14-8-5-9-15-31)60-47(70)37(21-32-16-10-6-11-17-32)59-45(68)35(52)24-41(53)65/h5-19,25,28-30,35-40,43,64H,4,20-24,26-27,52H2,1-3H3,(H2,53,65)(H,54,56)(H,55,67)(H,57,69)(H,58,66)(H,59,68)(H,60,70)(H,61,71)(H,62,73)(H,63,72)(H,74,75)/t29-,30-,35-,36-,37-,38-,39-,40-,43-/m0/s1. The number of amides is 9. The quantitative estimate of drug-likeness (QED) is 0.0258. The third kappa shape index (κ3) is 19.8. The monoisotopic (exact) mass is 1040 g/mol. The molecule has 0 aliphatic rings. The number of carbonyl (C=O) groups is 10. The number of aliphatic hydroxyl groups is 1. The molecule has 0 bridgehead atoms. The third-order valence-electron chi connectivity index (χ3n) is 11.9. The second kappa shape index (κ2) is 29.9. The van der Waals surface area contributed by atoms with Crippen LogP contribution >= 0.6 is 0 Å². The molecule has 0 aliphatic carbocycles. The SMILES string of the molecule is CC[C@H](C)[C@H](NC(=O)[C@H](Cc1ccccc1)NC(=O)[C@H](Cc1cnc[nH]1)NC(=O)CNC(=O)[C@H](C)NC(=O)[C@H](Cc1ccccc1)NC(=O)[C@H](Cc1ccccc1)NC(=O)[C@@H](N)CC(N)=O)C(=O)N[C@@H](CO)C(=O)O. The largest absolute Gasteiger partial charge is 0.480 e. The molecular weight excluding hydrogens is 973 g/mol. The zero-order valence-electron chi connectivity index (χ0n) is 41.7. The van der Waals surface area contributed by atoms with Crippen molar-refractivity contribution >= 4 is 59.1 Å². The number of carbonyl (C=O) groups excluding carboxylic acids is 9. The van der Waals surface area contributed by atoms with E-state index >= 15 is 0 Å². The average Bonchev–Trinajstić information content (AvgIpc) is 3.91. The van der Waals surface area contributed by atoms with E-state index in [-0.39, 0.29) is 25.7 Å². The number of carboxylic acid groups (broad SMARTS) is 1. The van der Waals surface area contributed by atoms with Gasteiger partial charge in [0.25, 0.3) is 0 Å². The minimum atomic E-state index is -1.65. The van der Waals surface area contributed by atoms with E-state index in [1.54, 1.807) is 105 Å². The Balaban J connectivity index is 1.48. The lowest BCUT2D eigenvalue weighted by Gasteiger charge is -2.28. The van der Waals surface area contributed by atoms with E-state index in [2.05, 4.69) is 52.5 Å². The second-order valence-electron chi connectivity index (χ2n) is 17.8. The fourth-order valence-electron chi connectivity index (χ4n) is 7.48. The van der Waals surface area contributed by atoms with E-state index in [4.69, 9.17) is 11.5 Å². The molecule has 0 spiro atoms. The van der Waals surface area contributed by atoms with E-state index in [1.807, 2.05) is 0 Å². The van der Waals surface area contributed by atoms with Crippen molar-refractivity contribution in [1.82, 2.24) is 52.5 Å². The predicted octanol–water partition coefficient (Wildman–Crippen LogP) is -2.46. The van der Waals surface area contributed by atoms with Crippen LogP contribution in [0.1, 0.15) is 56.0 Å². The van der Waals surface area contributed by atoms with Crippen LogP contribution in [-0.2, 0) is 73.6 Å². The molecule has 9 atom stereocenters. The Labute approximate surface area is 432 Å². The van der Waals surface area contributed by atoms with Crippen LogP contribution in [0.15, 0.2) is 104 Å². The summed E-state index contributed by atoms with van der Waals surface area (Å²) in [7, 11) is 0. The van der Waals surface area contributed by atoms with E-state index in [9.17, 15) is 58.2 Å². The summed E-state index contributed by atoms with van der Waals surface area (Å²) in [6, 6.07) is 15.0. The number of H-pyrrole nitrogens is 1. The Hall–Kier alpha value is -8.51. The molecule has 9 amide bonds. The summed E-state index contributed by atoms with van der Waals surface area (Å²) in [6.07, 6.45) is 2.31. The number of aromatic amines is 1. The normalized spacial score (nSPS) is 14.5. The van der Waals surface area contributed by atoms with Gasteiger partial charge in [-0.15, -0.1) is 0 Å². The lowest BCUT2D eigenvalue weighted by molar-refractivity contribution is -0.143. The Morgan fingerprint density at radius 3 is 1.44 bits per heavy atom. The van der Waals surface area contributed by atoms with E-state index in [0.717, 1.165) is 0 Å². The Morgan fingerprint density at radius 2 is 1.01 bits per heavy atom. The summed E-state index contributed by atoms with van der Waals surface area (Å²) < 4.78 is 0. The lowest BCUT2D eigenvalue weighted by Crippen LogP contribution is -2.60. The van der Waals surface area contributed by atoms with Gasteiger partial charge in [0, 0.05) is 37.6 Å². The first-order valence-corrected chi connectivity index (χ1v) is 24.1. The molecular formula is C51H66N12O12. The topological polar surface area (TPSA) is 388 Å². The number of nitrogens with two attached hydrogens (primary N) is 2. The molecule has 0 saturated carbocycles. The summed E-state index contributed by atoms with van der Waals surface area (Å²) >= 11 is 0. The van der Waals surface area contributed by atoms with E-state index in [0.29, 0.717) is 28.8 Å². The van der Waals surface area contributed by atoms with Crippen LogP contribution in [0.4, 0.5) is 0 Å². The van der Waals surface area contributed by atoms with Crippen molar-refractivity contribution in [1.29, 1.82) is 0 Å². The van der Waals surface area contributed by atoms with Crippen molar-refractivity contribution in [3.8, 4) is 0 Å². The van der Waals surface area contributed by atoms with Crippen LogP contribution < -0.4 is 54.0 Å². The van der Waals surface area contributed by atoms with Crippen LogP contribution in [0.3, 0.4) is 0 Å². The smallest absolute Gasteiger partial charge is 0.328 e. The summed E-state index contributed by atoms with van der Waals surface area (Å²) in [4.78, 5) is 139. The highest BCUT2D eigenvalue weighted by atomic mass is 16.4. The average molecular weight is 1040 g/mol. The van der Waals surface area contributed by atoms with Gasteiger partial charge in [-0.2, -0.15) is 0 Å². The molecule has 4 aromatic rings. The number of nitrogens with one attached hydrogen (secondary N) is 9. The number of aliphatic carboxylic acids is 1. The maximum Gasteiger partial charge on any atom is 0.328 e. The Bertz CT molecular complexity index is 2550. The zero-order valence-corrected chi connectivity index (χ0v) is 41.7. The molecule has 0 aliphatic heterocycles. The molecule has 75 heavy (non-hydrogen) atoms. The number of primary amides is 1. The highest BCUT2D eigenvalue weighted by Gasteiger charge is 2.35.